The van der Waals surface area contributed by atoms with Crippen molar-refractivity contribution in [1.82, 2.24) is 14.1 Å². The van der Waals surface area contributed by atoms with Gasteiger partial charge in [0.05, 0.1) is 16.4 Å². The minimum absolute atomic E-state index is 0.0120. The molecule has 0 bridgehead atoms. The van der Waals surface area contributed by atoms with Crippen LogP contribution in [0.15, 0.2) is 29.2 Å². The molecule has 8 nitrogen and oxygen atoms in total. The third-order valence-electron chi connectivity index (χ3n) is 3.54. The summed E-state index contributed by atoms with van der Waals surface area (Å²) in [4.78, 5) is 10.8. The summed E-state index contributed by atoms with van der Waals surface area (Å²) < 4.78 is 27.0. The van der Waals surface area contributed by atoms with E-state index in [4.69, 9.17) is 0 Å². The fourth-order valence-corrected chi connectivity index (χ4v) is 3.27. The summed E-state index contributed by atoms with van der Waals surface area (Å²) in [6.45, 7) is 3.46. The lowest BCUT2D eigenvalue weighted by atomic mass is 10.2. The normalized spacial score (nSPS) is 11.9. The summed E-state index contributed by atoms with van der Waals surface area (Å²) >= 11 is 0. The molecule has 23 heavy (non-hydrogen) atoms. The highest BCUT2D eigenvalue weighted by Gasteiger charge is 2.22. The van der Waals surface area contributed by atoms with Crippen LogP contribution < -0.4 is 0 Å². The maximum Gasteiger partial charge on any atom is 0.312 e. The van der Waals surface area contributed by atoms with Gasteiger partial charge in [-0.1, -0.05) is 12.1 Å². The van der Waals surface area contributed by atoms with Gasteiger partial charge in [0.25, 0.3) is 0 Å². The Balaban J connectivity index is 2.40. The van der Waals surface area contributed by atoms with Crippen LogP contribution in [-0.2, 0) is 16.6 Å². The molecule has 2 aromatic rings. The molecule has 1 aromatic heterocycles. The Morgan fingerprint density at radius 2 is 1.96 bits per heavy atom. The van der Waals surface area contributed by atoms with Crippen LogP contribution in [0.25, 0.3) is 0 Å². The summed E-state index contributed by atoms with van der Waals surface area (Å²) in [5.74, 6) is 0. The zero-order valence-corrected chi connectivity index (χ0v) is 14.2. The quantitative estimate of drug-likeness (QED) is 0.610. The lowest BCUT2D eigenvalue weighted by Gasteiger charge is -2.12. The van der Waals surface area contributed by atoms with E-state index in [1.807, 2.05) is 0 Å². The van der Waals surface area contributed by atoms with E-state index in [1.165, 1.54) is 24.8 Å². The predicted octanol–water partition coefficient (Wildman–Crippen LogP) is 1.71. The van der Waals surface area contributed by atoms with Gasteiger partial charge in [-0.05, 0) is 31.5 Å². The summed E-state index contributed by atoms with van der Waals surface area (Å²) in [7, 11) is -0.593. The van der Waals surface area contributed by atoms with Crippen molar-refractivity contribution in [2.75, 3.05) is 14.1 Å². The van der Waals surface area contributed by atoms with Crippen molar-refractivity contribution in [3.63, 3.8) is 0 Å². The molecule has 9 heteroatoms. The monoisotopic (exact) mass is 338 g/mol. The van der Waals surface area contributed by atoms with Gasteiger partial charge in [-0.3, -0.25) is 14.8 Å². The Hall–Kier alpha value is -2.26. The largest absolute Gasteiger partial charge is 0.312 e. The topological polar surface area (TPSA) is 98.3 Å². The maximum atomic E-state index is 12.2. The lowest BCUT2D eigenvalue weighted by molar-refractivity contribution is -0.386. The number of nitrogens with zero attached hydrogens (tertiary/aromatic N) is 4. The van der Waals surface area contributed by atoms with Crippen molar-refractivity contribution in [2.45, 2.75) is 25.3 Å². The van der Waals surface area contributed by atoms with Gasteiger partial charge in [-0.15, -0.1) is 0 Å². The van der Waals surface area contributed by atoms with Crippen molar-refractivity contribution in [1.29, 1.82) is 0 Å². The predicted molar refractivity (Wildman–Crippen MR) is 84.8 cm³/mol. The molecule has 0 atom stereocenters. The Morgan fingerprint density at radius 3 is 2.48 bits per heavy atom. The van der Waals surface area contributed by atoms with Crippen LogP contribution in [-0.4, -0.2) is 41.5 Å². The molecule has 1 aromatic carbocycles. The highest BCUT2D eigenvalue weighted by atomic mass is 32.2. The molecule has 0 aliphatic rings. The second-order valence-corrected chi connectivity index (χ2v) is 7.52. The smallest absolute Gasteiger partial charge is 0.258 e. The molecule has 0 aliphatic carbocycles. The highest BCUT2D eigenvalue weighted by molar-refractivity contribution is 7.89. The number of benzene rings is 1. The van der Waals surface area contributed by atoms with Crippen molar-refractivity contribution in [2.24, 2.45) is 0 Å². The Labute approximate surface area is 134 Å². The molecule has 1 heterocycles. The molecule has 0 saturated carbocycles. The minimum Gasteiger partial charge on any atom is -0.258 e. The van der Waals surface area contributed by atoms with Gasteiger partial charge in [-0.25, -0.2) is 12.7 Å². The number of aromatic nitrogens is 2. The molecule has 2 rings (SSSR count). The van der Waals surface area contributed by atoms with E-state index in [9.17, 15) is 18.5 Å². The van der Waals surface area contributed by atoms with E-state index in [1.54, 1.807) is 32.0 Å². The van der Waals surface area contributed by atoms with E-state index in [0.717, 1.165) is 4.31 Å². The molecule has 0 radical (unpaired) electrons. The average Bonchev–Trinajstić information content (AvgIpc) is 2.73. The van der Waals surface area contributed by atoms with Crippen LogP contribution in [0.4, 0.5) is 5.69 Å². The first-order valence-corrected chi connectivity index (χ1v) is 8.28. The first kappa shape index (κ1) is 17.1. The van der Waals surface area contributed by atoms with Gasteiger partial charge in [0, 0.05) is 14.1 Å². The van der Waals surface area contributed by atoms with E-state index in [0.29, 0.717) is 17.0 Å². The molecule has 0 N–H and O–H groups in total. The average molecular weight is 338 g/mol. The number of hydrogen-bond acceptors (Lipinski definition) is 5. The van der Waals surface area contributed by atoms with E-state index in [-0.39, 0.29) is 17.1 Å². The van der Waals surface area contributed by atoms with Crippen LogP contribution in [0.1, 0.15) is 17.0 Å². The lowest BCUT2D eigenvalue weighted by Crippen LogP contribution is -2.22. The third-order valence-corrected chi connectivity index (χ3v) is 5.35. The number of hydrogen-bond donors (Lipinski definition) is 0. The standard InChI is InChI=1S/C14H18N4O4S/c1-10-14(18(19)20)11(2)17(15-10)9-12-6-5-7-13(8-12)23(21,22)16(3)4/h5-8H,9H2,1-4H3. The molecule has 0 saturated heterocycles. The molecule has 0 unspecified atom stereocenters. The van der Waals surface area contributed by atoms with Gasteiger partial charge in [0.1, 0.15) is 11.4 Å². The molecule has 0 spiro atoms. The van der Waals surface area contributed by atoms with Gasteiger partial charge >= 0.3 is 5.69 Å². The van der Waals surface area contributed by atoms with Crippen LogP contribution >= 0.6 is 0 Å². The van der Waals surface area contributed by atoms with Crippen molar-refractivity contribution in [3.8, 4) is 0 Å². The van der Waals surface area contributed by atoms with E-state index >= 15 is 0 Å². The van der Waals surface area contributed by atoms with Gasteiger partial charge in [0.2, 0.25) is 10.0 Å². The van der Waals surface area contributed by atoms with Crippen LogP contribution in [0, 0.1) is 24.0 Å². The number of aryl methyl sites for hydroxylation is 1. The van der Waals surface area contributed by atoms with Crippen LogP contribution in [0.3, 0.4) is 0 Å². The highest BCUT2D eigenvalue weighted by Crippen LogP contribution is 2.23. The van der Waals surface area contributed by atoms with Gasteiger partial charge < -0.3 is 0 Å². The first-order valence-electron chi connectivity index (χ1n) is 6.84. The molecule has 0 aliphatic heterocycles. The van der Waals surface area contributed by atoms with E-state index in [2.05, 4.69) is 5.10 Å². The second-order valence-electron chi connectivity index (χ2n) is 5.37. The SMILES string of the molecule is Cc1nn(Cc2cccc(S(=O)(=O)N(C)C)c2)c(C)c1[N+](=O)[O-]. The molecular formula is C14H18N4O4S. The molecule has 124 valence electrons. The summed E-state index contributed by atoms with van der Waals surface area (Å²) in [6.07, 6.45) is 0. The van der Waals surface area contributed by atoms with Crippen molar-refractivity contribution >= 4 is 15.7 Å². The number of sulfonamides is 1. The number of rotatable bonds is 5. The Bertz CT molecular complexity index is 856. The van der Waals surface area contributed by atoms with Crippen LogP contribution in [0.2, 0.25) is 0 Å². The summed E-state index contributed by atoms with van der Waals surface area (Å²) in [6, 6.07) is 6.48. The van der Waals surface area contributed by atoms with Crippen LogP contribution in [0.5, 0.6) is 0 Å². The first-order chi connectivity index (χ1) is 10.6. The van der Waals surface area contributed by atoms with E-state index < -0.39 is 14.9 Å². The minimum atomic E-state index is -3.52. The zero-order valence-electron chi connectivity index (χ0n) is 13.3. The number of nitro groups is 1. The molecule has 0 fully saturated rings. The third kappa shape index (κ3) is 3.25. The summed E-state index contributed by atoms with van der Waals surface area (Å²) in [5.41, 5.74) is 1.47. The Morgan fingerprint density at radius 1 is 1.30 bits per heavy atom. The maximum absolute atomic E-state index is 12.2. The zero-order chi connectivity index (χ0) is 17.4. The van der Waals surface area contributed by atoms with Crippen molar-refractivity contribution in [3.05, 3.63) is 51.3 Å². The summed E-state index contributed by atoms with van der Waals surface area (Å²) in [5, 5.41) is 15.2. The molecular weight excluding hydrogens is 320 g/mol. The Kier molecular flexibility index (Phi) is 4.53. The van der Waals surface area contributed by atoms with Gasteiger partial charge in [0.15, 0.2) is 0 Å². The van der Waals surface area contributed by atoms with Crippen molar-refractivity contribution < 1.29 is 13.3 Å². The molecule has 0 amide bonds. The fourth-order valence-electron chi connectivity index (χ4n) is 2.29. The second kappa shape index (κ2) is 6.09. The fraction of sp³-hybridized carbons (Fsp3) is 0.357. The van der Waals surface area contributed by atoms with Gasteiger partial charge in [-0.2, -0.15) is 5.10 Å².